The van der Waals surface area contributed by atoms with Crippen LogP contribution in [-0.2, 0) is 0 Å². The van der Waals surface area contributed by atoms with E-state index in [1.54, 1.807) is 37.5 Å². The molecular formula is C19H17ClO3. The zero-order valence-corrected chi connectivity index (χ0v) is 13.5. The van der Waals surface area contributed by atoms with Crippen LogP contribution < -0.4 is 9.47 Å². The van der Waals surface area contributed by atoms with Gasteiger partial charge in [0, 0.05) is 5.02 Å². The molecule has 0 aliphatic heterocycles. The fourth-order valence-electron chi connectivity index (χ4n) is 1.95. The van der Waals surface area contributed by atoms with Crippen LogP contribution in [0, 0.1) is 0 Å². The van der Waals surface area contributed by atoms with E-state index in [1.807, 2.05) is 24.3 Å². The van der Waals surface area contributed by atoms with Crippen molar-refractivity contribution >= 4 is 23.5 Å². The lowest BCUT2D eigenvalue weighted by Gasteiger charge is -2.08. The molecule has 2 aromatic carbocycles. The summed E-state index contributed by atoms with van der Waals surface area (Å²) < 4.78 is 10.6. The molecule has 0 unspecified atom stereocenters. The predicted octanol–water partition coefficient (Wildman–Crippen LogP) is 4.81. The van der Waals surface area contributed by atoms with Crippen molar-refractivity contribution in [3.8, 4) is 11.5 Å². The number of hydrogen-bond donors (Lipinski definition) is 0. The van der Waals surface area contributed by atoms with Gasteiger partial charge in [0.25, 0.3) is 0 Å². The minimum Gasteiger partial charge on any atom is -0.497 e. The van der Waals surface area contributed by atoms with Gasteiger partial charge in [-0.2, -0.15) is 0 Å². The quantitative estimate of drug-likeness (QED) is 0.415. The summed E-state index contributed by atoms with van der Waals surface area (Å²) in [5, 5.41) is 0.483. The summed E-state index contributed by atoms with van der Waals surface area (Å²) in [4.78, 5) is 12.4. The Morgan fingerprint density at radius 2 is 1.96 bits per heavy atom. The second-order valence-electron chi connectivity index (χ2n) is 4.71. The zero-order valence-electron chi connectivity index (χ0n) is 12.8. The maximum atomic E-state index is 12.4. The predicted molar refractivity (Wildman–Crippen MR) is 93.5 cm³/mol. The fourth-order valence-corrected chi connectivity index (χ4v) is 2.12. The molecule has 0 aliphatic carbocycles. The number of carbonyl (C=O) groups is 1. The number of benzene rings is 2. The van der Waals surface area contributed by atoms with E-state index in [9.17, 15) is 4.79 Å². The van der Waals surface area contributed by atoms with Gasteiger partial charge in [-0.15, -0.1) is 0 Å². The van der Waals surface area contributed by atoms with Gasteiger partial charge in [0.05, 0.1) is 12.7 Å². The molecule has 3 nitrogen and oxygen atoms in total. The van der Waals surface area contributed by atoms with Gasteiger partial charge in [0.15, 0.2) is 5.78 Å². The van der Waals surface area contributed by atoms with Crippen LogP contribution in [0.15, 0.2) is 61.2 Å². The Balaban J connectivity index is 2.20. The van der Waals surface area contributed by atoms with E-state index < -0.39 is 0 Å². The summed E-state index contributed by atoms with van der Waals surface area (Å²) in [6.07, 6.45) is 4.85. The molecule has 23 heavy (non-hydrogen) atoms. The highest BCUT2D eigenvalue weighted by Crippen LogP contribution is 2.24. The minimum absolute atomic E-state index is 0.178. The van der Waals surface area contributed by atoms with Crippen LogP contribution in [0.25, 0.3) is 6.08 Å². The van der Waals surface area contributed by atoms with Crippen molar-refractivity contribution < 1.29 is 14.3 Å². The molecule has 0 saturated heterocycles. The average molecular weight is 329 g/mol. The van der Waals surface area contributed by atoms with Gasteiger partial charge in [-0.3, -0.25) is 4.79 Å². The van der Waals surface area contributed by atoms with Gasteiger partial charge in [-0.25, -0.2) is 0 Å². The van der Waals surface area contributed by atoms with Crippen molar-refractivity contribution in [1.29, 1.82) is 0 Å². The monoisotopic (exact) mass is 328 g/mol. The highest BCUT2D eigenvalue weighted by molar-refractivity contribution is 6.31. The standard InChI is InChI=1S/C19H17ClO3/c1-3-12-23-19-11-7-15(20)13-17(19)18(21)10-6-14-4-8-16(22-2)9-5-14/h3-11,13H,1,12H2,2H3/b10-6+. The van der Waals surface area contributed by atoms with E-state index in [1.165, 1.54) is 6.08 Å². The molecule has 0 radical (unpaired) electrons. The zero-order chi connectivity index (χ0) is 16.7. The molecule has 0 aromatic heterocycles. The Bertz CT molecular complexity index is 718. The van der Waals surface area contributed by atoms with Crippen LogP contribution in [0.5, 0.6) is 11.5 Å². The van der Waals surface area contributed by atoms with Crippen LogP contribution in [0.1, 0.15) is 15.9 Å². The largest absolute Gasteiger partial charge is 0.497 e. The van der Waals surface area contributed by atoms with Crippen LogP contribution in [0.2, 0.25) is 5.02 Å². The molecule has 0 amide bonds. The Kier molecular flexibility index (Phi) is 6.01. The number of ether oxygens (including phenoxy) is 2. The fraction of sp³-hybridized carbons (Fsp3) is 0.105. The van der Waals surface area contributed by atoms with Crippen LogP contribution in [0.4, 0.5) is 0 Å². The molecule has 0 fully saturated rings. The first-order valence-corrected chi connectivity index (χ1v) is 7.41. The van der Waals surface area contributed by atoms with Crippen molar-refractivity contribution in [2.75, 3.05) is 13.7 Å². The smallest absolute Gasteiger partial charge is 0.189 e. The van der Waals surface area contributed by atoms with Gasteiger partial charge in [-0.1, -0.05) is 42.5 Å². The number of carbonyl (C=O) groups excluding carboxylic acids is 1. The Labute approximate surface area is 140 Å². The highest BCUT2D eigenvalue weighted by atomic mass is 35.5. The second-order valence-corrected chi connectivity index (χ2v) is 5.15. The molecule has 0 atom stereocenters. The SMILES string of the molecule is C=CCOc1ccc(Cl)cc1C(=O)/C=C/c1ccc(OC)cc1. The minimum atomic E-state index is -0.178. The number of allylic oxidation sites excluding steroid dienone is 1. The number of ketones is 1. The van der Waals surface area contributed by atoms with Crippen molar-refractivity contribution in [3.63, 3.8) is 0 Å². The Hall–Kier alpha value is -2.52. The molecule has 118 valence electrons. The van der Waals surface area contributed by atoms with Crippen molar-refractivity contribution in [2.45, 2.75) is 0 Å². The summed E-state index contributed by atoms with van der Waals surface area (Å²) >= 11 is 5.98. The van der Waals surface area contributed by atoms with Gasteiger partial charge in [0.2, 0.25) is 0 Å². The maximum absolute atomic E-state index is 12.4. The Morgan fingerprint density at radius 1 is 1.22 bits per heavy atom. The highest BCUT2D eigenvalue weighted by Gasteiger charge is 2.10. The molecule has 0 N–H and O–H groups in total. The van der Waals surface area contributed by atoms with E-state index in [0.29, 0.717) is 22.9 Å². The van der Waals surface area contributed by atoms with E-state index >= 15 is 0 Å². The lowest BCUT2D eigenvalue weighted by molar-refractivity contribution is 0.104. The summed E-state index contributed by atoms with van der Waals surface area (Å²) in [5.41, 5.74) is 1.32. The summed E-state index contributed by atoms with van der Waals surface area (Å²) in [6.45, 7) is 3.92. The van der Waals surface area contributed by atoms with Crippen LogP contribution in [0.3, 0.4) is 0 Å². The summed E-state index contributed by atoms with van der Waals surface area (Å²) in [5.74, 6) is 1.07. The second kappa shape index (κ2) is 8.20. The van der Waals surface area contributed by atoms with Gasteiger partial charge in [0.1, 0.15) is 18.1 Å². The maximum Gasteiger partial charge on any atom is 0.189 e. The number of halogens is 1. The summed E-state index contributed by atoms with van der Waals surface area (Å²) in [7, 11) is 1.61. The topological polar surface area (TPSA) is 35.5 Å². The van der Waals surface area contributed by atoms with Gasteiger partial charge in [-0.05, 0) is 42.0 Å². The van der Waals surface area contributed by atoms with E-state index in [-0.39, 0.29) is 5.78 Å². The molecule has 0 saturated carbocycles. The number of methoxy groups -OCH3 is 1. The third kappa shape index (κ3) is 4.73. The van der Waals surface area contributed by atoms with E-state index in [2.05, 4.69) is 6.58 Å². The van der Waals surface area contributed by atoms with Gasteiger partial charge >= 0.3 is 0 Å². The number of hydrogen-bond acceptors (Lipinski definition) is 3. The Morgan fingerprint density at radius 3 is 2.61 bits per heavy atom. The van der Waals surface area contributed by atoms with Crippen molar-refractivity contribution in [3.05, 3.63) is 77.3 Å². The molecule has 0 aliphatic rings. The first kappa shape index (κ1) is 16.8. The lowest BCUT2D eigenvalue weighted by atomic mass is 10.1. The molecule has 4 heteroatoms. The normalized spacial score (nSPS) is 10.5. The van der Waals surface area contributed by atoms with Crippen molar-refractivity contribution in [1.82, 2.24) is 0 Å². The molecule has 2 rings (SSSR count). The summed E-state index contributed by atoms with van der Waals surface area (Å²) in [6, 6.07) is 12.4. The number of rotatable bonds is 7. The van der Waals surface area contributed by atoms with Crippen LogP contribution >= 0.6 is 11.6 Å². The molecule has 0 bridgehead atoms. The third-order valence-corrected chi connectivity index (χ3v) is 3.34. The molecular weight excluding hydrogens is 312 g/mol. The first-order valence-electron chi connectivity index (χ1n) is 7.03. The third-order valence-electron chi connectivity index (χ3n) is 3.11. The lowest BCUT2D eigenvalue weighted by Crippen LogP contribution is -2.02. The molecule has 2 aromatic rings. The molecule has 0 heterocycles. The van der Waals surface area contributed by atoms with Crippen molar-refractivity contribution in [2.24, 2.45) is 0 Å². The first-order chi connectivity index (χ1) is 11.1. The van der Waals surface area contributed by atoms with E-state index in [4.69, 9.17) is 21.1 Å². The van der Waals surface area contributed by atoms with E-state index in [0.717, 1.165) is 11.3 Å². The molecule has 0 spiro atoms. The van der Waals surface area contributed by atoms with Crippen LogP contribution in [-0.4, -0.2) is 19.5 Å². The average Bonchev–Trinajstić information content (AvgIpc) is 2.59. The van der Waals surface area contributed by atoms with Gasteiger partial charge < -0.3 is 9.47 Å².